The molecule has 0 aliphatic heterocycles. The smallest absolute Gasteiger partial charge is 0.128 e. The third-order valence-corrected chi connectivity index (χ3v) is 3.51. The van der Waals surface area contributed by atoms with Crippen LogP contribution in [0, 0.1) is 23.4 Å². The largest absolute Gasteiger partial charge is 0.378 e. The van der Waals surface area contributed by atoms with Crippen molar-refractivity contribution in [3.63, 3.8) is 0 Å². The Balaban J connectivity index is 1.86. The van der Waals surface area contributed by atoms with Gasteiger partial charge in [0.2, 0.25) is 0 Å². The van der Waals surface area contributed by atoms with Crippen molar-refractivity contribution in [3.8, 4) is 0 Å². The molecule has 2 aromatic carbocycles. The van der Waals surface area contributed by atoms with E-state index in [4.69, 9.17) is 0 Å². The lowest BCUT2D eigenvalue weighted by Gasteiger charge is -2.20. The average molecular weight is 277 g/mol. The summed E-state index contributed by atoms with van der Waals surface area (Å²) in [5.74, 6) is -1.09. The van der Waals surface area contributed by atoms with E-state index in [2.05, 4.69) is 5.32 Å². The summed E-state index contributed by atoms with van der Waals surface area (Å²) in [4.78, 5) is 0. The molecule has 1 unspecified atom stereocenters. The predicted octanol–water partition coefficient (Wildman–Crippen LogP) is 4.67. The lowest BCUT2D eigenvalue weighted by atomic mass is 10.0. The zero-order valence-corrected chi connectivity index (χ0v) is 10.7. The second-order valence-electron chi connectivity index (χ2n) is 5.17. The summed E-state index contributed by atoms with van der Waals surface area (Å²) in [5, 5.41) is 3.16. The van der Waals surface area contributed by atoms with Crippen LogP contribution in [0.2, 0.25) is 0 Å². The quantitative estimate of drug-likeness (QED) is 0.856. The van der Waals surface area contributed by atoms with Gasteiger partial charge >= 0.3 is 0 Å². The molecule has 0 saturated heterocycles. The van der Waals surface area contributed by atoms with E-state index >= 15 is 0 Å². The molecule has 1 aliphatic rings. The number of benzene rings is 2. The first-order chi connectivity index (χ1) is 9.61. The fraction of sp³-hybridized carbons (Fsp3) is 0.250. The Hall–Kier alpha value is -1.97. The minimum absolute atomic E-state index is 0.0446. The van der Waals surface area contributed by atoms with Crippen molar-refractivity contribution < 1.29 is 13.2 Å². The average Bonchev–Trinajstić information content (AvgIpc) is 3.20. The fourth-order valence-electron chi connectivity index (χ4n) is 2.39. The minimum Gasteiger partial charge on any atom is -0.378 e. The maximum Gasteiger partial charge on any atom is 0.128 e. The Labute approximate surface area is 115 Å². The molecule has 0 amide bonds. The van der Waals surface area contributed by atoms with Gasteiger partial charge in [-0.3, -0.25) is 0 Å². The Morgan fingerprint density at radius 3 is 2.00 bits per heavy atom. The lowest BCUT2D eigenvalue weighted by Crippen LogP contribution is -2.13. The third-order valence-electron chi connectivity index (χ3n) is 3.51. The Morgan fingerprint density at radius 2 is 1.45 bits per heavy atom. The first-order valence-corrected chi connectivity index (χ1v) is 6.60. The molecule has 1 atom stereocenters. The van der Waals surface area contributed by atoms with Crippen LogP contribution < -0.4 is 5.32 Å². The molecule has 1 saturated carbocycles. The summed E-state index contributed by atoms with van der Waals surface area (Å²) in [6.07, 6.45) is 2.12. The van der Waals surface area contributed by atoms with Crippen LogP contribution in [0.3, 0.4) is 0 Å². The molecule has 20 heavy (non-hydrogen) atoms. The molecular formula is C16H14F3N. The zero-order chi connectivity index (χ0) is 14.1. The molecule has 2 aromatic rings. The van der Waals surface area contributed by atoms with Gasteiger partial charge < -0.3 is 5.32 Å². The predicted molar refractivity (Wildman–Crippen MR) is 71.8 cm³/mol. The highest BCUT2D eigenvalue weighted by Gasteiger charge is 2.32. The molecule has 0 aromatic heterocycles. The molecule has 0 bridgehead atoms. The Morgan fingerprint density at radius 1 is 0.850 bits per heavy atom. The molecule has 1 fully saturated rings. The van der Waals surface area contributed by atoms with Crippen LogP contribution >= 0.6 is 0 Å². The van der Waals surface area contributed by atoms with E-state index in [1.165, 1.54) is 24.3 Å². The van der Waals surface area contributed by atoms with E-state index in [9.17, 15) is 13.2 Å². The SMILES string of the molecule is Fc1ccc(C(Nc2cc(F)cc(F)c2)C2CC2)cc1. The summed E-state index contributed by atoms with van der Waals surface area (Å²) in [6, 6.07) is 9.55. The highest BCUT2D eigenvalue weighted by atomic mass is 19.1. The highest BCUT2D eigenvalue weighted by molar-refractivity contribution is 5.46. The monoisotopic (exact) mass is 277 g/mol. The van der Waals surface area contributed by atoms with Crippen molar-refractivity contribution in [2.24, 2.45) is 5.92 Å². The van der Waals surface area contributed by atoms with E-state index < -0.39 is 11.6 Å². The van der Waals surface area contributed by atoms with Crippen LogP contribution in [0.1, 0.15) is 24.4 Å². The van der Waals surface area contributed by atoms with Crippen molar-refractivity contribution in [2.45, 2.75) is 18.9 Å². The van der Waals surface area contributed by atoms with Crippen molar-refractivity contribution in [2.75, 3.05) is 5.32 Å². The van der Waals surface area contributed by atoms with Gasteiger partial charge in [0.25, 0.3) is 0 Å². The maximum atomic E-state index is 13.2. The summed E-state index contributed by atoms with van der Waals surface area (Å²) in [6.45, 7) is 0. The second-order valence-corrected chi connectivity index (χ2v) is 5.17. The van der Waals surface area contributed by atoms with E-state index in [-0.39, 0.29) is 11.9 Å². The van der Waals surface area contributed by atoms with Gasteiger partial charge in [-0.1, -0.05) is 12.1 Å². The Kier molecular flexibility index (Phi) is 3.38. The number of anilines is 1. The molecule has 1 nitrogen and oxygen atoms in total. The summed E-state index contributed by atoms with van der Waals surface area (Å²) >= 11 is 0. The summed E-state index contributed by atoms with van der Waals surface area (Å²) in [5.41, 5.74) is 1.34. The summed E-state index contributed by atoms with van der Waals surface area (Å²) < 4.78 is 39.4. The normalized spacial score (nSPS) is 15.9. The van der Waals surface area contributed by atoms with Gasteiger partial charge in [-0.15, -0.1) is 0 Å². The van der Waals surface area contributed by atoms with Gasteiger partial charge in [0, 0.05) is 11.8 Å². The molecule has 0 radical (unpaired) electrons. The van der Waals surface area contributed by atoms with E-state index in [1.807, 2.05) is 0 Å². The first kappa shape index (κ1) is 13.0. The Bertz CT molecular complexity index is 585. The molecule has 3 rings (SSSR count). The van der Waals surface area contributed by atoms with Crippen LogP contribution in [0.5, 0.6) is 0 Å². The number of hydrogen-bond acceptors (Lipinski definition) is 1. The number of halogens is 3. The van der Waals surface area contributed by atoms with E-state index in [0.717, 1.165) is 24.5 Å². The van der Waals surface area contributed by atoms with Gasteiger partial charge in [0.05, 0.1) is 6.04 Å². The molecule has 1 N–H and O–H groups in total. The lowest BCUT2D eigenvalue weighted by molar-refractivity contribution is 0.582. The van der Waals surface area contributed by atoms with Gasteiger partial charge in [0.15, 0.2) is 0 Å². The van der Waals surface area contributed by atoms with Crippen LogP contribution in [0.15, 0.2) is 42.5 Å². The van der Waals surface area contributed by atoms with E-state index in [0.29, 0.717) is 11.6 Å². The minimum atomic E-state index is -0.610. The van der Waals surface area contributed by atoms with Crippen molar-refractivity contribution in [3.05, 3.63) is 65.5 Å². The number of hydrogen-bond donors (Lipinski definition) is 1. The molecule has 104 valence electrons. The summed E-state index contributed by atoms with van der Waals surface area (Å²) in [7, 11) is 0. The van der Waals surface area contributed by atoms with E-state index in [1.54, 1.807) is 12.1 Å². The molecule has 0 spiro atoms. The first-order valence-electron chi connectivity index (χ1n) is 6.60. The van der Waals surface area contributed by atoms with Crippen LogP contribution in [0.4, 0.5) is 18.9 Å². The number of nitrogens with one attached hydrogen (secondary N) is 1. The van der Waals surface area contributed by atoms with Gasteiger partial charge in [-0.2, -0.15) is 0 Å². The molecular weight excluding hydrogens is 263 g/mol. The van der Waals surface area contributed by atoms with Gasteiger partial charge in [0.1, 0.15) is 17.5 Å². The zero-order valence-electron chi connectivity index (χ0n) is 10.7. The molecule has 1 aliphatic carbocycles. The fourth-order valence-corrected chi connectivity index (χ4v) is 2.39. The van der Waals surface area contributed by atoms with Crippen LogP contribution in [0.25, 0.3) is 0 Å². The van der Waals surface area contributed by atoms with Crippen LogP contribution in [-0.4, -0.2) is 0 Å². The second kappa shape index (κ2) is 5.19. The third kappa shape index (κ3) is 2.95. The van der Waals surface area contributed by atoms with Gasteiger partial charge in [-0.25, -0.2) is 13.2 Å². The topological polar surface area (TPSA) is 12.0 Å². The standard InChI is InChI=1S/C16H14F3N/c17-12-5-3-11(4-6-12)16(10-1-2-10)20-15-8-13(18)7-14(19)9-15/h3-10,16,20H,1-2H2. The van der Waals surface area contributed by atoms with Crippen molar-refractivity contribution in [1.82, 2.24) is 0 Å². The van der Waals surface area contributed by atoms with Gasteiger partial charge in [-0.05, 0) is 48.6 Å². The molecule has 0 heterocycles. The maximum absolute atomic E-state index is 13.2. The van der Waals surface area contributed by atoms with Crippen molar-refractivity contribution >= 4 is 5.69 Å². The van der Waals surface area contributed by atoms with Crippen molar-refractivity contribution in [1.29, 1.82) is 0 Å². The highest BCUT2D eigenvalue weighted by Crippen LogP contribution is 2.43. The van der Waals surface area contributed by atoms with Crippen LogP contribution in [-0.2, 0) is 0 Å². The molecule has 4 heteroatoms. The number of rotatable bonds is 4.